The molecule has 1 unspecified atom stereocenters. The fourth-order valence-electron chi connectivity index (χ4n) is 1.77. The number of carbonyl (C=O) groups excluding carboxylic acids is 1. The highest BCUT2D eigenvalue weighted by molar-refractivity contribution is 5.76. The Morgan fingerprint density at radius 3 is 2.80 bits per heavy atom. The smallest absolute Gasteiger partial charge is 0.220 e. The number of hydrogen-bond acceptors (Lipinski definition) is 2. The van der Waals surface area contributed by atoms with Crippen molar-refractivity contribution in [2.24, 2.45) is 11.3 Å². The Bertz CT molecular complexity index is 208. The summed E-state index contributed by atoms with van der Waals surface area (Å²) in [5, 5.41) is 6.34. The zero-order valence-corrected chi connectivity index (χ0v) is 10.2. The second kappa shape index (κ2) is 5.50. The van der Waals surface area contributed by atoms with Crippen molar-refractivity contribution >= 4 is 5.91 Å². The van der Waals surface area contributed by atoms with E-state index in [2.05, 4.69) is 31.4 Å². The summed E-state index contributed by atoms with van der Waals surface area (Å²) in [6, 6.07) is 0. The van der Waals surface area contributed by atoms with Crippen LogP contribution < -0.4 is 10.6 Å². The lowest BCUT2D eigenvalue weighted by Crippen LogP contribution is -2.33. The van der Waals surface area contributed by atoms with Crippen molar-refractivity contribution in [2.75, 3.05) is 19.6 Å². The molecule has 0 aromatic rings. The summed E-state index contributed by atoms with van der Waals surface area (Å²) in [5.74, 6) is 0.840. The monoisotopic (exact) mass is 212 g/mol. The van der Waals surface area contributed by atoms with Crippen LogP contribution in [-0.4, -0.2) is 25.5 Å². The summed E-state index contributed by atoms with van der Waals surface area (Å²) in [4.78, 5) is 11.6. The van der Waals surface area contributed by atoms with Gasteiger partial charge in [-0.15, -0.1) is 0 Å². The lowest BCUT2D eigenvalue weighted by atomic mass is 9.86. The zero-order valence-electron chi connectivity index (χ0n) is 10.2. The molecule has 0 aromatic heterocycles. The highest BCUT2D eigenvalue weighted by atomic mass is 16.1. The Morgan fingerprint density at radius 1 is 1.53 bits per heavy atom. The van der Waals surface area contributed by atoms with Gasteiger partial charge in [0.2, 0.25) is 5.91 Å². The average Bonchev–Trinajstić information content (AvgIpc) is 2.66. The van der Waals surface area contributed by atoms with Crippen LogP contribution in [0.1, 0.15) is 40.0 Å². The van der Waals surface area contributed by atoms with Crippen molar-refractivity contribution in [1.82, 2.24) is 10.6 Å². The molecule has 1 aliphatic heterocycles. The predicted molar refractivity (Wildman–Crippen MR) is 62.7 cm³/mol. The van der Waals surface area contributed by atoms with Crippen LogP contribution in [0.3, 0.4) is 0 Å². The van der Waals surface area contributed by atoms with Crippen LogP contribution in [0.5, 0.6) is 0 Å². The van der Waals surface area contributed by atoms with Gasteiger partial charge in [0.25, 0.3) is 0 Å². The maximum atomic E-state index is 11.6. The van der Waals surface area contributed by atoms with Crippen LogP contribution in [0.15, 0.2) is 0 Å². The van der Waals surface area contributed by atoms with Crippen molar-refractivity contribution in [3.63, 3.8) is 0 Å². The van der Waals surface area contributed by atoms with Gasteiger partial charge < -0.3 is 10.6 Å². The van der Waals surface area contributed by atoms with Crippen molar-refractivity contribution in [1.29, 1.82) is 0 Å². The Labute approximate surface area is 93.0 Å². The van der Waals surface area contributed by atoms with Crippen molar-refractivity contribution in [2.45, 2.75) is 40.0 Å². The van der Waals surface area contributed by atoms with Gasteiger partial charge in [0.15, 0.2) is 0 Å². The summed E-state index contributed by atoms with van der Waals surface area (Å²) < 4.78 is 0. The summed E-state index contributed by atoms with van der Waals surface area (Å²) in [5.41, 5.74) is 0.137. The first-order chi connectivity index (χ1) is 7.03. The van der Waals surface area contributed by atoms with Crippen LogP contribution in [0.25, 0.3) is 0 Å². The van der Waals surface area contributed by atoms with E-state index in [0.29, 0.717) is 12.3 Å². The van der Waals surface area contributed by atoms with Gasteiger partial charge in [-0.3, -0.25) is 4.79 Å². The van der Waals surface area contributed by atoms with E-state index in [0.717, 1.165) is 26.1 Å². The number of nitrogens with one attached hydrogen (secondary N) is 2. The fraction of sp³-hybridized carbons (Fsp3) is 0.917. The van der Waals surface area contributed by atoms with E-state index in [1.54, 1.807) is 0 Å². The molecule has 0 bridgehead atoms. The maximum Gasteiger partial charge on any atom is 0.220 e. The molecule has 0 aromatic carbocycles. The quantitative estimate of drug-likeness (QED) is 0.726. The third-order valence-electron chi connectivity index (χ3n) is 3.35. The molecule has 1 fully saturated rings. The van der Waals surface area contributed by atoms with E-state index in [9.17, 15) is 4.79 Å². The average molecular weight is 212 g/mol. The number of hydrogen-bond donors (Lipinski definition) is 2. The number of amides is 1. The summed E-state index contributed by atoms with van der Waals surface area (Å²) >= 11 is 0. The van der Waals surface area contributed by atoms with Crippen molar-refractivity contribution in [3.05, 3.63) is 0 Å². The topological polar surface area (TPSA) is 41.1 Å². The molecule has 1 saturated heterocycles. The van der Waals surface area contributed by atoms with Crippen LogP contribution >= 0.6 is 0 Å². The molecule has 1 heterocycles. The molecule has 3 nitrogen and oxygen atoms in total. The maximum absolute atomic E-state index is 11.6. The molecular formula is C12H24N2O. The molecule has 1 amide bonds. The van der Waals surface area contributed by atoms with Crippen LogP contribution in [0.4, 0.5) is 0 Å². The van der Waals surface area contributed by atoms with Gasteiger partial charge in [-0.2, -0.15) is 0 Å². The van der Waals surface area contributed by atoms with Gasteiger partial charge in [0.1, 0.15) is 0 Å². The van der Waals surface area contributed by atoms with E-state index < -0.39 is 0 Å². The Morgan fingerprint density at radius 2 is 2.27 bits per heavy atom. The Balaban J connectivity index is 2.18. The third kappa shape index (κ3) is 4.65. The highest BCUT2D eigenvalue weighted by Gasteiger charge is 2.21. The van der Waals surface area contributed by atoms with Gasteiger partial charge in [0.05, 0.1) is 0 Å². The third-order valence-corrected chi connectivity index (χ3v) is 3.35. The largest absolute Gasteiger partial charge is 0.356 e. The molecule has 1 atom stereocenters. The summed E-state index contributed by atoms with van der Waals surface area (Å²) in [7, 11) is 0. The lowest BCUT2D eigenvalue weighted by molar-refractivity contribution is -0.123. The summed E-state index contributed by atoms with van der Waals surface area (Å²) in [6.07, 6.45) is 2.88. The van der Waals surface area contributed by atoms with Gasteiger partial charge in [0, 0.05) is 13.0 Å². The molecule has 15 heavy (non-hydrogen) atoms. The molecule has 88 valence electrons. The standard InChI is InChI=1S/C12H24N2O/c1-4-12(2,3)7-11(15)14-9-10-5-6-13-8-10/h10,13H,4-9H2,1-3H3,(H,14,15). The zero-order chi connectivity index (χ0) is 11.3. The van der Waals surface area contributed by atoms with E-state index in [1.165, 1.54) is 6.42 Å². The minimum Gasteiger partial charge on any atom is -0.356 e. The second-order valence-electron chi connectivity index (χ2n) is 5.36. The van der Waals surface area contributed by atoms with Crippen LogP contribution in [0, 0.1) is 11.3 Å². The SMILES string of the molecule is CCC(C)(C)CC(=O)NCC1CCNC1. The lowest BCUT2D eigenvalue weighted by Gasteiger charge is -2.22. The van der Waals surface area contributed by atoms with E-state index in [1.807, 2.05) is 0 Å². The van der Waals surface area contributed by atoms with E-state index >= 15 is 0 Å². The van der Waals surface area contributed by atoms with E-state index in [4.69, 9.17) is 0 Å². The molecule has 0 spiro atoms. The van der Waals surface area contributed by atoms with Gasteiger partial charge in [-0.05, 0) is 30.8 Å². The van der Waals surface area contributed by atoms with Gasteiger partial charge in [-0.25, -0.2) is 0 Å². The van der Waals surface area contributed by atoms with Crippen molar-refractivity contribution < 1.29 is 4.79 Å². The van der Waals surface area contributed by atoms with E-state index in [-0.39, 0.29) is 11.3 Å². The second-order valence-corrected chi connectivity index (χ2v) is 5.36. The minimum atomic E-state index is 0.137. The van der Waals surface area contributed by atoms with Crippen molar-refractivity contribution in [3.8, 4) is 0 Å². The Kier molecular flexibility index (Phi) is 4.58. The van der Waals surface area contributed by atoms with Crippen LogP contribution in [-0.2, 0) is 4.79 Å². The molecule has 1 aliphatic rings. The number of rotatable bonds is 5. The normalized spacial score (nSPS) is 21.7. The molecule has 1 rings (SSSR count). The molecule has 2 N–H and O–H groups in total. The van der Waals surface area contributed by atoms with Crippen LogP contribution in [0.2, 0.25) is 0 Å². The predicted octanol–water partition coefficient (Wildman–Crippen LogP) is 1.54. The Hall–Kier alpha value is -0.570. The molecular weight excluding hydrogens is 188 g/mol. The highest BCUT2D eigenvalue weighted by Crippen LogP contribution is 2.23. The first kappa shape index (κ1) is 12.5. The number of carbonyl (C=O) groups is 1. The minimum absolute atomic E-state index is 0.137. The molecule has 3 heteroatoms. The molecule has 0 aliphatic carbocycles. The van der Waals surface area contributed by atoms with Gasteiger partial charge >= 0.3 is 0 Å². The van der Waals surface area contributed by atoms with Gasteiger partial charge in [-0.1, -0.05) is 27.2 Å². The summed E-state index contributed by atoms with van der Waals surface area (Å²) in [6.45, 7) is 9.41. The fourth-order valence-corrected chi connectivity index (χ4v) is 1.77. The molecule has 0 radical (unpaired) electrons. The first-order valence-electron chi connectivity index (χ1n) is 6.01. The first-order valence-corrected chi connectivity index (χ1v) is 6.01. The molecule has 0 saturated carbocycles.